The van der Waals surface area contributed by atoms with Crippen LogP contribution in [0.15, 0.2) is 30.7 Å². The van der Waals surface area contributed by atoms with Crippen LogP contribution in [0.4, 0.5) is 0 Å². The Morgan fingerprint density at radius 1 is 1.18 bits per heavy atom. The summed E-state index contributed by atoms with van der Waals surface area (Å²) in [4.78, 5) is 8.73. The first kappa shape index (κ1) is 10.4. The van der Waals surface area contributed by atoms with Gasteiger partial charge in [0.1, 0.15) is 6.33 Å². The third-order valence-electron chi connectivity index (χ3n) is 3.62. The van der Waals surface area contributed by atoms with Gasteiger partial charge < -0.3 is 0 Å². The second kappa shape index (κ2) is 3.95. The van der Waals surface area contributed by atoms with Crippen LogP contribution in [0.5, 0.6) is 0 Å². The highest BCUT2D eigenvalue weighted by molar-refractivity contribution is 5.20. The van der Waals surface area contributed by atoms with Crippen molar-refractivity contribution in [2.75, 3.05) is 0 Å². The highest BCUT2D eigenvalue weighted by atomic mass is 15.4. The van der Waals surface area contributed by atoms with E-state index in [0.717, 1.165) is 11.6 Å². The van der Waals surface area contributed by atoms with E-state index in [1.54, 1.807) is 17.2 Å². The summed E-state index contributed by atoms with van der Waals surface area (Å²) in [7, 11) is 0. The van der Waals surface area contributed by atoms with E-state index in [1.807, 2.05) is 18.2 Å². The zero-order valence-electron chi connectivity index (χ0n) is 10.0. The predicted molar refractivity (Wildman–Crippen MR) is 65.0 cm³/mol. The summed E-state index contributed by atoms with van der Waals surface area (Å²) in [5, 5.41) is 4.58. The van der Waals surface area contributed by atoms with Gasteiger partial charge in [0.05, 0.1) is 0 Å². The van der Waals surface area contributed by atoms with Crippen LogP contribution in [-0.4, -0.2) is 19.7 Å². The number of aromatic nitrogens is 4. The molecule has 17 heavy (non-hydrogen) atoms. The Balaban J connectivity index is 1.93. The fraction of sp³-hybridized carbons (Fsp3) is 0.462. The maximum absolute atomic E-state index is 4.58. The van der Waals surface area contributed by atoms with Crippen LogP contribution in [-0.2, 0) is 5.41 Å². The van der Waals surface area contributed by atoms with Crippen LogP contribution in [0.1, 0.15) is 38.4 Å². The summed E-state index contributed by atoms with van der Waals surface area (Å²) in [5.41, 5.74) is 0.167. The lowest BCUT2D eigenvalue weighted by molar-refractivity contribution is 0.458. The minimum absolute atomic E-state index is 0.167. The number of nitrogens with zero attached hydrogens (tertiary/aromatic N) is 4. The molecule has 0 unspecified atom stereocenters. The van der Waals surface area contributed by atoms with Crippen molar-refractivity contribution in [2.45, 2.75) is 38.0 Å². The standard InChI is InChI=1S/C13H16N4/c1-13(7-3-4-8-13)12-15-10-17(16-12)11-6-2-5-9-14-11/h2,5-6,9-10H,3-4,7-8H2,1H3. The molecule has 1 fully saturated rings. The van der Waals surface area contributed by atoms with Gasteiger partial charge in [-0.05, 0) is 25.0 Å². The topological polar surface area (TPSA) is 43.6 Å². The van der Waals surface area contributed by atoms with Gasteiger partial charge in [-0.3, -0.25) is 0 Å². The summed E-state index contributed by atoms with van der Waals surface area (Å²) in [6, 6.07) is 5.80. The van der Waals surface area contributed by atoms with Crippen LogP contribution < -0.4 is 0 Å². The molecule has 3 rings (SSSR count). The van der Waals surface area contributed by atoms with Crippen molar-refractivity contribution in [1.29, 1.82) is 0 Å². The van der Waals surface area contributed by atoms with Gasteiger partial charge in [-0.1, -0.05) is 25.8 Å². The Morgan fingerprint density at radius 3 is 2.71 bits per heavy atom. The van der Waals surface area contributed by atoms with Crippen LogP contribution in [0.2, 0.25) is 0 Å². The lowest BCUT2D eigenvalue weighted by Crippen LogP contribution is -2.19. The fourth-order valence-electron chi connectivity index (χ4n) is 2.52. The van der Waals surface area contributed by atoms with Crippen molar-refractivity contribution >= 4 is 0 Å². The first-order valence-corrected chi connectivity index (χ1v) is 6.11. The van der Waals surface area contributed by atoms with E-state index < -0.39 is 0 Å². The van der Waals surface area contributed by atoms with E-state index in [9.17, 15) is 0 Å². The molecule has 1 aliphatic carbocycles. The monoisotopic (exact) mass is 228 g/mol. The molecule has 1 aliphatic rings. The summed E-state index contributed by atoms with van der Waals surface area (Å²) < 4.78 is 1.76. The molecule has 0 radical (unpaired) electrons. The van der Waals surface area contributed by atoms with Gasteiger partial charge in [-0.25, -0.2) is 14.6 Å². The normalized spacial score (nSPS) is 18.4. The van der Waals surface area contributed by atoms with Crippen LogP contribution >= 0.6 is 0 Å². The SMILES string of the molecule is CC1(c2ncn(-c3ccccn3)n2)CCCC1. The van der Waals surface area contributed by atoms with Crippen molar-refractivity contribution in [2.24, 2.45) is 0 Å². The van der Waals surface area contributed by atoms with E-state index in [4.69, 9.17) is 0 Å². The van der Waals surface area contributed by atoms with Crippen molar-refractivity contribution < 1.29 is 0 Å². The maximum atomic E-state index is 4.58. The molecular formula is C13H16N4. The molecule has 2 aromatic rings. The number of hydrogen-bond acceptors (Lipinski definition) is 3. The summed E-state index contributed by atoms with van der Waals surface area (Å²) >= 11 is 0. The van der Waals surface area contributed by atoms with Gasteiger partial charge in [0.15, 0.2) is 11.6 Å². The molecular weight excluding hydrogens is 212 g/mol. The van der Waals surface area contributed by atoms with Crippen LogP contribution in [0.25, 0.3) is 5.82 Å². The molecule has 2 aromatic heterocycles. The quantitative estimate of drug-likeness (QED) is 0.793. The summed E-state index contributed by atoms with van der Waals surface area (Å²) in [6.45, 7) is 2.26. The first-order valence-electron chi connectivity index (χ1n) is 6.11. The zero-order valence-corrected chi connectivity index (χ0v) is 10.0. The molecule has 0 aliphatic heterocycles. The van der Waals surface area contributed by atoms with E-state index in [0.29, 0.717) is 0 Å². The molecule has 4 nitrogen and oxygen atoms in total. The van der Waals surface area contributed by atoms with E-state index in [1.165, 1.54) is 25.7 Å². The lowest BCUT2D eigenvalue weighted by Gasteiger charge is -2.18. The van der Waals surface area contributed by atoms with Gasteiger partial charge >= 0.3 is 0 Å². The Kier molecular flexibility index (Phi) is 2.42. The Hall–Kier alpha value is -1.71. The third-order valence-corrected chi connectivity index (χ3v) is 3.62. The van der Waals surface area contributed by atoms with Crippen molar-refractivity contribution in [1.82, 2.24) is 19.7 Å². The smallest absolute Gasteiger partial charge is 0.156 e. The molecule has 2 heterocycles. The Bertz CT molecular complexity index is 497. The molecule has 4 heteroatoms. The molecule has 88 valence electrons. The Labute approximate surface area is 101 Å². The second-order valence-corrected chi connectivity index (χ2v) is 4.97. The molecule has 0 atom stereocenters. The zero-order chi connectivity index (χ0) is 11.7. The molecule has 0 spiro atoms. The molecule has 0 amide bonds. The largest absolute Gasteiger partial charge is 0.237 e. The highest BCUT2D eigenvalue weighted by Gasteiger charge is 2.34. The van der Waals surface area contributed by atoms with Gasteiger partial charge in [0.2, 0.25) is 0 Å². The van der Waals surface area contributed by atoms with Crippen molar-refractivity contribution in [3.05, 3.63) is 36.5 Å². The van der Waals surface area contributed by atoms with E-state index in [2.05, 4.69) is 22.0 Å². The lowest BCUT2D eigenvalue weighted by atomic mass is 9.88. The summed E-state index contributed by atoms with van der Waals surface area (Å²) in [5.74, 6) is 1.79. The third kappa shape index (κ3) is 1.84. The number of pyridine rings is 1. The minimum Gasteiger partial charge on any atom is -0.237 e. The fourth-order valence-corrected chi connectivity index (χ4v) is 2.52. The van der Waals surface area contributed by atoms with Crippen molar-refractivity contribution in [3.63, 3.8) is 0 Å². The first-order chi connectivity index (χ1) is 8.28. The average Bonchev–Trinajstić information content (AvgIpc) is 2.99. The maximum Gasteiger partial charge on any atom is 0.156 e. The Morgan fingerprint density at radius 2 is 2.00 bits per heavy atom. The number of rotatable bonds is 2. The van der Waals surface area contributed by atoms with Gasteiger partial charge in [0, 0.05) is 11.6 Å². The highest BCUT2D eigenvalue weighted by Crippen LogP contribution is 2.38. The van der Waals surface area contributed by atoms with Crippen LogP contribution in [0, 0.1) is 0 Å². The van der Waals surface area contributed by atoms with Crippen LogP contribution in [0.3, 0.4) is 0 Å². The molecule has 0 aromatic carbocycles. The number of hydrogen-bond donors (Lipinski definition) is 0. The molecule has 0 N–H and O–H groups in total. The van der Waals surface area contributed by atoms with E-state index in [-0.39, 0.29) is 5.41 Å². The molecule has 0 bridgehead atoms. The average molecular weight is 228 g/mol. The van der Waals surface area contributed by atoms with E-state index >= 15 is 0 Å². The van der Waals surface area contributed by atoms with Gasteiger partial charge in [-0.2, -0.15) is 0 Å². The molecule has 1 saturated carbocycles. The van der Waals surface area contributed by atoms with Gasteiger partial charge in [-0.15, -0.1) is 5.10 Å². The van der Waals surface area contributed by atoms with Gasteiger partial charge in [0.25, 0.3) is 0 Å². The second-order valence-electron chi connectivity index (χ2n) is 4.97. The minimum atomic E-state index is 0.167. The molecule has 0 saturated heterocycles. The summed E-state index contributed by atoms with van der Waals surface area (Å²) in [6.07, 6.45) is 8.50. The van der Waals surface area contributed by atoms with Crippen molar-refractivity contribution in [3.8, 4) is 5.82 Å². The predicted octanol–water partition coefficient (Wildman–Crippen LogP) is 2.49.